The first-order valence-electron chi connectivity index (χ1n) is 6.17. The Bertz CT molecular complexity index is 422. The van der Waals surface area contributed by atoms with E-state index in [0.717, 1.165) is 0 Å². The molecule has 1 unspecified atom stereocenters. The van der Waals surface area contributed by atoms with Gasteiger partial charge >= 0.3 is 17.9 Å². The second-order valence-corrected chi connectivity index (χ2v) is 5.06. The maximum Gasteiger partial charge on any atom is 0.373 e. The Kier molecular flexibility index (Phi) is 9.65. The first-order valence-corrected chi connectivity index (χ1v) is 6.17. The molecule has 0 aliphatic carbocycles. The second kappa shape index (κ2) is 9.62. The number of rotatable bonds is 7. The van der Waals surface area contributed by atoms with Crippen LogP contribution in [0.1, 0.15) is 34.1 Å². The molecule has 21 heavy (non-hydrogen) atoms. The van der Waals surface area contributed by atoms with E-state index in [1.807, 2.05) is 0 Å². The Labute approximate surface area is 121 Å². The summed E-state index contributed by atoms with van der Waals surface area (Å²) in [6.07, 6.45) is 0.134. The maximum atomic E-state index is 10.7. The van der Waals surface area contributed by atoms with Crippen LogP contribution in [0.15, 0.2) is 0 Å². The summed E-state index contributed by atoms with van der Waals surface area (Å²) in [6, 6.07) is 0. The van der Waals surface area contributed by atoms with Gasteiger partial charge in [-0.3, -0.25) is 14.4 Å². The van der Waals surface area contributed by atoms with Gasteiger partial charge in [-0.1, -0.05) is 27.7 Å². The zero-order valence-electron chi connectivity index (χ0n) is 12.3. The average molecular weight is 304 g/mol. The number of hydrogen-bond donors (Lipinski definition) is 3. The standard InChI is InChI=1S/C7H10O5.C6H10O3/c1-3(2)4(6(9)10)5(8)7(11)12;1-4(2)3-5(7)6(8)9/h3-4H,1-2H3,(H,9,10)(H,11,12);4H,3H2,1-2H3,(H,8,9). The lowest BCUT2D eigenvalue weighted by Gasteiger charge is -2.11. The van der Waals surface area contributed by atoms with Crippen molar-refractivity contribution in [2.24, 2.45) is 17.8 Å². The molecule has 0 amide bonds. The number of carbonyl (C=O) groups is 5. The molecule has 3 N–H and O–H groups in total. The molecule has 0 saturated heterocycles. The molecule has 0 heterocycles. The van der Waals surface area contributed by atoms with Crippen LogP contribution >= 0.6 is 0 Å². The van der Waals surface area contributed by atoms with Gasteiger partial charge in [0, 0.05) is 6.42 Å². The Morgan fingerprint density at radius 1 is 0.810 bits per heavy atom. The molecule has 120 valence electrons. The highest BCUT2D eigenvalue weighted by Gasteiger charge is 2.33. The number of hydrogen-bond acceptors (Lipinski definition) is 5. The number of Topliss-reactive ketones (excluding diaryl/α,β-unsaturated/α-hetero) is 2. The van der Waals surface area contributed by atoms with Crippen LogP contribution in [0.3, 0.4) is 0 Å². The van der Waals surface area contributed by atoms with E-state index < -0.39 is 41.3 Å². The third kappa shape index (κ3) is 9.31. The smallest absolute Gasteiger partial charge is 0.373 e. The first-order chi connectivity index (χ1) is 9.41. The average Bonchev–Trinajstić information content (AvgIpc) is 2.27. The molecule has 0 aromatic heterocycles. The van der Waals surface area contributed by atoms with Crippen LogP contribution in [0.25, 0.3) is 0 Å². The molecule has 8 nitrogen and oxygen atoms in total. The molecule has 0 aromatic carbocycles. The summed E-state index contributed by atoms with van der Waals surface area (Å²) in [5.41, 5.74) is 0. The fraction of sp³-hybridized carbons (Fsp3) is 0.615. The number of carbonyl (C=O) groups excluding carboxylic acids is 2. The summed E-state index contributed by atoms with van der Waals surface area (Å²) in [5, 5.41) is 24.8. The van der Waals surface area contributed by atoms with E-state index in [1.54, 1.807) is 13.8 Å². The third-order valence-electron chi connectivity index (χ3n) is 2.26. The van der Waals surface area contributed by atoms with Gasteiger partial charge < -0.3 is 15.3 Å². The number of carboxylic acid groups (broad SMARTS) is 3. The van der Waals surface area contributed by atoms with Crippen molar-refractivity contribution in [3.63, 3.8) is 0 Å². The van der Waals surface area contributed by atoms with Crippen molar-refractivity contribution in [1.29, 1.82) is 0 Å². The minimum absolute atomic E-state index is 0.133. The molecule has 8 heteroatoms. The van der Waals surface area contributed by atoms with Crippen molar-refractivity contribution >= 4 is 29.5 Å². The fourth-order valence-electron chi connectivity index (χ4n) is 1.29. The SMILES string of the molecule is CC(C)C(C(=O)O)C(=O)C(=O)O.CC(C)CC(=O)C(=O)O. The quantitative estimate of drug-likeness (QED) is 0.459. The summed E-state index contributed by atoms with van der Waals surface area (Å²) >= 11 is 0. The van der Waals surface area contributed by atoms with Crippen molar-refractivity contribution < 1.29 is 39.3 Å². The van der Waals surface area contributed by atoms with Crippen molar-refractivity contribution in [2.75, 3.05) is 0 Å². The predicted octanol–water partition coefficient (Wildman–Crippen LogP) is 0.683. The second-order valence-electron chi connectivity index (χ2n) is 5.06. The lowest BCUT2D eigenvalue weighted by molar-refractivity contribution is -0.158. The first kappa shape index (κ1) is 21.1. The van der Waals surface area contributed by atoms with E-state index >= 15 is 0 Å². The van der Waals surface area contributed by atoms with E-state index in [0.29, 0.717) is 0 Å². The molecule has 0 fully saturated rings. The molecule has 1 atom stereocenters. The van der Waals surface area contributed by atoms with Crippen LogP contribution in [-0.2, 0) is 24.0 Å². The Balaban J connectivity index is 0. The van der Waals surface area contributed by atoms with Gasteiger partial charge in [-0.25, -0.2) is 9.59 Å². The summed E-state index contributed by atoms with van der Waals surface area (Å²) in [7, 11) is 0. The van der Waals surface area contributed by atoms with Gasteiger partial charge in [-0.2, -0.15) is 0 Å². The zero-order chi connectivity index (χ0) is 17.3. The Hall–Kier alpha value is -2.25. The van der Waals surface area contributed by atoms with E-state index in [9.17, 15) is 24.0 Å². The molecule has 0 bridgehead atoms. The van der Waals surface area contributed by atoms with Crippen molar-refractivity contribution in [3.8, 4) is 0 Å². The van der Waals surface area contributed by atoms with Crippen LogP contribution < -0.4 is 0 Å². The van der Waals surface area contributed by atoms with Crippen LogP contribution in [0, 0.1) is 17.8 Å². The maximum absolute atomic E-state index is 10.7. The number of ketones is 2. The van der Waals surface area contributed by atoms with Gasteiger partial charge in [0.1, 0.15) is 5.92 Å². The van der Waals surface area contributed by atoms with Crippen LogP contribution in [0.4, 0.5) is 0 Å². The number of carboxylic acids is 3. The highest BCUT2D eigenvalue weighted by atomic mass is 16.4. The molecule has 0 spiro atoms. The van der Waals surface area contributed by atoms with E-state index in [-0.39, 0.29) is 12.3 Å². The monoisotopic (exact) mass is 304 g/mol. The molecule has 0 saturated carbocycles. The summed E-state index contributed by atoms with van der Waals surface area (Å²) < 4.78 is 0. The molecule has 0 aliphatic heterocycles. The van der Waals surface area contributed by atoms with Crippen LogP contribution in [0.2, 0.25) is 0 Å². The molecule has 0 rings (SSSR count). The largest absolute Gasteiger partial charge is 0.481 e. The minimum atomic E-state index is -1.70. The van der Waals surface area contributed by atoms with E-state index in [4.69, 9.17) is 15.3 Å². The highest BCUT2D eigenvalue weighted by molar-refractivity contribution is 6.37. The van der Waals surface area contributed by atoms with Gasteiger partial charge in [0.2, 0.25) is 5.78 Å². The third-order valence-corrected chi connectivity index (χ3v) is 2.26. The Morgan fingerprint density at radius 2 is 1.24 bits per heavy atom. The van der Waals surface area contributed by atoms with Crippen LogP contribution in [0.5, 0.6) is 0 Å². The van der Waals surface area contributed by atoms with Crippen molar-refractivity contribution in [2.45, 2.75) is 34.1 Å². The molecule has 0 aromatic rings. The molecule has 0 radical (unpaired) electrons. The highest BCUT2D eigenvalue weighted by Crippen LogP contribution is 2.12. The summed E-state index contributed by atoms with van der Waals surface area (Å²) in [5.74, 6) is -8.21. The molecular formula is C13H20O8. The molecular weight excluding hydrogens is 284 g/mol. The van der Waals surface area contributed by atoms with Gasteiger partial charge in [0.25, 0.3) is 5.78 Å². The van der Waals surface area contributed by atoms with Gasteiger partial charge in [0.05, 0.1) is 0 Å². The summed E-state index contributed by atoms with van der Waals surface area (Å²) in [6.45, 7) is 6.58. The minimum Gasteiger partial charge on any atom is -0.481 e. The van der Waals surface area contributed by atoms with E-state index in [1.165, 1.54) is 13.8 Å². The number of aliphatic carboxylic acids is 3. The topological polar surface area (TPSA) is 146 Å². The molecule has 0 aliphatic rings. The van der Waals surface area contributed by atoms with Crippen molar-refractivity contribution in [1.82, 2.24) is 0 Å². The fourth-order valence-corrected chi connectivity index (χ4v) is 1.29. The lowest BCUT2D eigenvalue weighted by atomic mass is 9.92. The summed E-state index contributed by atoms with van der Waals surface area (Å²) in [4.78, 5) is 51.5. The van der Waals surface area contributed by atoms with E-state index in [2.05, 4.69) is 0 Å². The predicted molar refractivity (Wildman–Crippen MR) is 70.7 cm³/mol. The van der Waals surface area contributed by atoms with Gasteiger partial charge in [-0.15, -0.1) is 0 Å². The lowest BCUT2D eigenvalue weighted by Crippen LogP contribution is -2.33. The van der Waals surface area contributed by atoms with Crippen LogP contribution in [-0.4, -0.2) is 44.8 Å². The normalized spacial score (nSPS) is 11.3. The Morgan fingerprint density at radius 3 is 1.33 bits per heavy atom. The van der Waals surface area contributed by atoms with Gasteiger partial charge in [-0.05, 0) is 11.8 Å². The van der Waals surface area contributed by atoms with Crippen molar-refractivity contribution in [3.05, 3.63) is 0 Å². The zero-order valence-corrected chi connectivity index (χ0v) is 12.3. The van der Waals surface area contributed by atoms with Gasteiger partial charge in [0.15, 0.2) is 0 Å².